The van der Waals surface area contributed by atoms with Crippen LogP contribution in [-0.2, 0) is 0 Å². The van der Waals surface area contributed by atoms with Gasteiger partial charge >= 0.3 is 0 Å². The van der Waals surface area contributed by atoms with Gasteiger partial charge in [0.25, 0.3) is 0 Å². The first kappa shape index (κ1) is 24.0. The third-order valence-electron chi connectivity index (χ3n) is 5.80. The molecule has 0 nitrogen and oxygen atoms in total. The summed E-state index contributed by atoms with van der Waals surface area (Å²) in [6.07, 6.45) is 26.3. The zero-order valence-corrected chi connectivity index (χ0v) is 17.9. The first-order valence-electron chi connectivity index (χ1n) is 11.7. The van der Waals surface area contributed by atoms with Crippen LogP contribution in [0.2, 0.25) is 0 Å². The first-order chi connectivity index (χ1) is 11.7. The Bertz CT molecular complexity index is 220. The average molecular weight is 339 g/mol. The molecule has 0 rings (SSSR count). The Hall–Kier alpha value is 0. The molecule has 0 spiro atoms. The number of hydrogen-bond acceptors (Lipinski definition) is 0. The highest BCUT2D eigenvalue weighted by Gasteiger charge is 2.06. The van der Waals surface area contributed by atoms with Gasteiger partial charge in [-0.05, 0) is 18.3 Å². The zero-order valence-electron chi connectivity index (χ0n) is 17.9. The highest BCUT2D eigenvalue weighted by molar-refractivity contribution is 4.59. The molecule has 0 aliphatic carbocycles. The molecule has 0 bridgehead atoms. The maximum atomic E-state index is 2.45. The normalized spacial score (nSPS) is 14.0. The number of rotatable bonds is 19. The summed E-state index contributed by atoms with van der Waals surface area (Å²) in [7, 11) is 0. The first-order valence-corrected chi connectivity index (χ1v) is 11.7. The third-order valence-corrected chi connectivity index (χ3v) is 5.80. The maximum absolute atomic E-state index is 2.45. The lowest BCUT2D eigenvalue weighted by Gasteiger charge is -2.15. The smallest absolute Gasteiger partial charge is 0.0440 e. The van der Waals surface area contributed by atoms with Crippen LogP contribution in [0.3, 0.4) is 0 Å². The Labute approximate surface area is 155 Å². The summed E-state index contributed by atoms with van der Waals surface area (Å²) >= 11 is 0. The molecule has 0 aliphatic rings. The molecule has 0 amide bonds. The van der Waals surface area contributed by atoms with E-state index >= 15 is 0 Å². The SMILES string of the molecule is CCCCCCCCCCCCCCCCC[C@H](C)C[C@H](C)CC. The van der Waals surface area contributed by atoms with Crippen molar-refractivity contribution in [2.45, 2.75) is 143 Å². The topological polar surface area (TPSA) is 0 Å². The van der Waals surface area contributed by atoms with Gasteiger partial charge in [0.05, 0.1) is 0 Å². The van der Waals surface area contributed by atoms with E-state index in [1.807, 2.05) is 0 Å². The molecule has 0 N–H and O–H groups in total. The fraction of sp³-hybridized carbons (Fsp3) is 1.00. The van der Waals surface area contributed by atoms with Crippen molar-refractivity contribution in [3.63, 3.8) is 0 Å². The molecule has 0 saturated carbocycles. The van der Waals surface area contributed by atoms with Crippen LogP contribution in [0.25, 0.3) is 0 Å². The molecule has 0 aromatic rings. The number of hydrogen-bond donors (Lipinski definition) is 0. The Kier molecular flexibility index (Phi) is 19.3. The molecule has 0 saturated heterocycles. The van der Waals surface area contributed by atoms with Gasteiger partial charge in [-0.15, -0.1) is 0 Å². The van der Waals surface area contributed by atoms with Crippen molar-refractivity contribution in [2.75, 3.05) is 0 Å². The standard InChI is InChI=1S/C24H50/c1-5-7-8-9-10-11-12-13-14-15-16-17-18-19-20-21-24(4)22-23(3)6-2/h23-24H,5-22H2,1-4H3/t23-,24+/m1/s1. The van der Waals surface area contributed by atoms with Crippen LogP contribution in [0.1, 0.15) is 143 Å². The van der Waals surface area contributed by atoms with Gasteiger partial charge in [-0.2, -0.15) is 0 Å². The van der Waals surface area contributed by atoms with Crippen LogP contribution in [0.15, 0.2) is 0 Å². The van der Waals surface area contributed by atoms with Crippen LogP contribution in [0.5, 0.6) is 0 Å². The molecule has 0 heterocycles. The van der Waals surface area contributed by atoms with E-state index in [9.17, 15) is 0 Å². The van der Waals surface area contributed by atoms with Crippen LogP contribution < -0.4 is 0 Å². The van der Waals surface area contributed by atoms with Gasteiger partial charge in [-0.1, -0.05) is 137 Å². The summed E-state index contributed by atoms with van der Waals surface area (Å²) in [5, 5.41) is 0. The van der Waals surface area contributed by atoms with Gasteiger partial charge in [0.2, 0.25) is 0 Å². The van der Waals surface area contributed by atoms with Gasteiger partial charge in [0.1, 0.15) is 0 Å². The summed E-state index contributed by atoms with van der Waals surface area (Å²) in [5.74, 6) is 1.87. The second-order valence-corrected chi connectivity index (χ2v) is 8.59. The van der Waals surface area contributed by atoms with E-state index in [4.69, 9.17) is 0 Å². The average Bonchev–Trinajstić information content (AvgIpc) is 2.58. The minimum Gasteiger partial charge on any atom is -0.0654 e. The molecule has 2 atom stereocenters. The molecule has 0 fully saturated rings. The molecule has 0 aliphatic heterocycles. The van der Waals surface area contributed by atoms with E-state index in [0.717, 1.165) is 11.8 Å². The Balaban J connectivity index is 3.10. The molecular formula is C24H50. The summed E-state index contributed by atoms with van der Waals surface area (Å²) < 4.78 is 0. The molecule has 146 valence electrons. The second kappa shape index (κ2) is 19.3. The van der Waals surface area contributed by atoms with Crippen LogP contribution >= 0.6 is 0 Å². The minimum absolute atomic E-state index is 0.927. The van der Waals surface area contributed by atoms with Gasteiger partial charge in [0, 0.05) is 0 Å². The van der Waals surface area contributed by atoms with Crippen molar-refractivity contribution in [3.8, 4) is 0 Å². The Morgan fingerprint density at radius 3 is 1.21 bits per heavy atom. The van der Waals surface area contributed by atoms with Crippen molar-refractivity contribution in [3.05, 3.63) is 0 Å². The van der Waals surface area contributed by atoms with E-state index in [0.29, 0.717) is 0 Å². The second-order valence-electron chi connectivity index (χ2n) is 8.59. The van der Waals surface area contributed by atoms with Gasteiger partial charge in [0.15, 0.2) is 0 Å². The van der Waals surface area contributed by atoms with E-state index in [-0.39, 0.29) is 0 Å². The van der Waals surface area contributed by atoms with Crippen molar-refractivity contribution >= 4 is 0 Å². The van der Waals surface area contributed by atoms with Crippen LogP contribution in [0.4, 0.5) is 0 Å². The molecule has 0 aromatic carbocycles. The minimum atomic E-state index is 0.927. The molecule has 0 heteroatoms. The van der Waals surface area contributed by atoms with E-state index < -0.39 is 0 Å². The fourth-order valence-corrected chi connectivity index (χ4v) is 3.84. The summed E-state index contributed by atoms with van der Waals surface area (Å²) in [4.78, 5) is 0. The predicted molar refractivity (Wildman–Crippen MR) is 113 cm³/mol. The van der Waals surface area contributed by atoms with Crippen LogP contribution in [-0.4, -0.2) is 0 Å². The van der Waals surface area contributed by atoms with Gasteiger partial charge < -0.3 is 0 Å². The predicted octanol–water partition coefficient (Wildman–Crippen LogP) is 9.32. The highest BCUT2D eigenvalue weighted by Crippen LogP contribution is 2.20. The van der Waals surface area contributed by atoms with Gasteiger partial charge in [-0.3, -0.25) is 0 Å². The monoisotopic (exact) mass is 338 g/mol. The molecule has 24 heavy (non-hydrogen) atoms. The zero-order chi connectivity index (χ0) is 17.9. The van der Waals surface area contributed by atoms with E-state index in [1.54, 1.807) is 0 Å². The van der Waals surface area contributed by atoms with E-state index in [2.05, 4.69) is 27.7 Å². The lowest BCUT2D eigenvalue weighted by atomic mass is 9.91. The molecule has 0 radical (unpaired) electrons. The maximum Gasteiger partial charge on any atom is -0.0440 e. The van der Waals surface area contributed by atoms with Crippen molar-refractivity contribution < 1.29 is 0 Å². The Morgan fingerprint density at radius 2 is 0.833 bits per heavy atom. The lowest BCUT2D eigenvalue weighted by Crippen LogP contribution is -2.02. The summed E-state index contributed by atoms with van der Waals surface area (Å²) in [5.41, 5.74) is 0. The molecular weight excluding hydrogens is 288 g/mol. The fourth-order valence-electron chi connectivity index (χ4n) is 3.84. The van der Waals surface area contributed by atoms with Gasteiger partial charge in [-0.25, -0.2) is 0 Å². The van der Waals surface area contributed by atoms with E-state index in [1.165, 1.54) is 116 Å². The van der Waals surface area contributed by atoms with Crippen LogP contribution in [0, 0.1) is 11.8 Å². The summed E-state index contributed by atoms with van der Waals surface area (Å²) in [6, 6.07) is 0. The molecule has 0 aromatic heterocycles. The summed E-state index contributed by atoms with van der Waals surface area (Å²) in [6.45, 7) is 9.48. The lowest BCUT2D eigenvalue weighted by molar-refractivity contribution is 0.374. The van der Waals surface area contributed by atoms with Crippen molar-refractivity contribution in [1.29, 1.82) is 0 Å². The highest BCUT2D eigenvalue weighted by atomic mass is 14.1. The van der Waals surface area contributed by atoms with Crippen molar-refractivity contribution in [1.82, 2.24) is 0 Å². The quantitative estimate of drug-likeness (QED) is 0.206. The number of unbranched alkanes of at least 4 members (excludes halogenated alkanes) is 14. The largest absolute Gasteiger partial charge is 0.0654 e. The Morgan fingerprint density at radius 1 is 0.458 bits per heavy atom. The third kappa shape index (κ3) is 18.3. The molecule has 0 unspecified atom stereocenters. The van der Waals surface area contributed by atoms with Crippen molar-refractivity contribution in [2.24, 2.45) is 11.8 Å².